The second-order valence-electron chi connectivity index (χ2n) is 10.7. The molecule has 0 radical (unpaired) electrons. The van der Waals surface area contributed by atoms with E-state index in [0.717, 1.165) is 57.5 Å². The van der Waals surface area contributed by atoms with Crippen LogP contribution in [-0.4, -0.2) is 48.6 Å². The highest BCUT2D eigenvalue weighted by Gasteiger charge is 2.30. The van der Waals surface area contributed by atoms with E-state index in [9.17, 15) is 9.90 Å². The summed E-state index contributed by atoms with van der Waals surface area (Å²) >= 11 is 1.73. The van der Waals surface area contributed by atoms with Gasteiger partial charge in [0.15, 0.2) is 0 Å². The van der Waals surface area contributed by atoms with Crippen LogP contribution >= 0.6 is 11.3 Å². The summed E-state index contributed by atoms with van der Waals surface area (Å²) in [6, 6.07) is 14.5. The molecule has 3 atom stereocenters. The highest BCUT2D eigenvalue weighted by molar-refractivity contribution is 7.17. The van der Waals surface area contributed by atoms with Crippen molar-refractivity contribution in [1.29, 1.82) is 0 Å². The zero-order valence-corrected chi connectivity index (χ0v) is 24.0. The second-order valence-corrected chi connectivity index (χ2v) is 11.6. The van der Waals surface area contributed by atoms with Crippen molar-refractivity contribution in [2.45, 2.75) is 58.2 Å². The minimum absolute atomic E-state index is 0.00907. The molecule has 3 aromatic heterocycles. The number of nitrogens with zero attached hydrogens (tertiary/aromatic N) is 5. The number of aliphatic carboxylic acids is 1. The zero-order valence-electron chi connectivity index (χ0n) is 23.2. The zero-order chi connectivity index (χ0) is 28.0. The van der Waals surface area contributed by atoms with Crippen LogP contribution < -0.4 is 4.74 Å². The van der Waals surface area contributed by atoms with E-state index in [2.05, 4.69) is 57.6 Å². The number of aromatic nitrogens is 4. The van der Waals surface area contributed by atoms with Gasteiger partial charge in [0.05, 0.1) is 23.7 Å². The maximum atomic E-state index is 12.2. The molecular formula is C31H33N5O3S. The Morgan fingerprint density at radius 2 is 2.10 bits per heavy atom. The molecule has 4 heterocycles. The number of hydrogen-bond acceptors (Lipinski definition) is 7. The van der Waals surface area contributed by atoms with Gasteiger partial charge in [-0.1, -0.05) is 24.3 Å². The minimum Gasteiger partial charge on any atom is -0.487 e. The van der Waals surface area contributed by atoms with Gasteiger partial charge in [0.1, 0.15) is 17.4 Å². The quantitative estimate of drug-likeness (QED) is 0.255. The number of carboxylic acid groups (broad SMARTS) is 1. The lowest BCUT2D eigenvalue weighted by molar-refractivity contribution is -0.137. The van der Waals surface area contributed by atoms with Gasteiger partial charge in [-0.15, -0.1) is 16.4 Å². The van der Waals surface area contributed by atoms with Gasteiger partial charge < -0.3 is 9.84 Å². The van der Waals surface area contributed by atoms with E-state index in [4.69, 9.17) is 4.74 Å². The van der Waals surface area contributed by atoms with E-state index in [1.807, 2.05) is 44.4 Å². The molecule has 0 spiro atoms. The van der Waals surface area contributed by atoms with Gasteiger partial charge >= 0.3 is 5.97 Å². The number of carbonyl (C=O) groups is 1. The molecule has 6 rings (SSSR count). The molecule has 2 aromatic carbocycles. The van der Waals surface area contributed by atoms with Gasteiger partial charge in [-0.05, 0) is 83.6 Å². The topological polar surface area (TPSA) is 93.4 Å². The molecule has 40 heavy (non-hydrogen) atoms. The predicted molar refractivity (Wildman–Crippen MR) is 157 cm³/mol. The summed E-state index contributed by atoms with van der Waals surface area (Å²) in [5.74, 6) is -0.291. The third-order valence-electron chi connectivity index (χ3n) is 8.19. The first-order chi connectivity index (χ1) is 19.3. The number of benzene rings is 2. The molecular weight excluding hydrogens is 522 g/mol. The Labute approximate surface area is 237 Å². The highest BCUT2D eigenvalue weighted by Crippen LogP contribution is 2.39. The average molecular weight is 556 g/mol. The lowest BCUT2D eigenvalue weighted by Gasteiger charge is -2.29. The molecule has 0 fully saturated rings. The van der Waals surface area contributed by atoms with Gasteiger partial charge in [-0.25, -0.2) is 4.68 Å². The first kappa shape index (κ1) is 26.4. The smallest absolute Gasteiger partial charge is 0.304 e. The van der Waals surface area contributed by atoms with Crippen LogP contribution in [0.15, 0.2) is 54.0 Å². The molecule has 8 nitrogen and oxygen atoms in total. The molecule has 1 aliphatic rings. The van der Waals surface area contributed by atoms with E-state index in [1.54, 1.807) is 16.0 Å². The van der Waals surface area contributed by atoms with Crippen molar-refractivity contribution in [3.8, 4) is 5.75 Å². The van der Waals surface area contributed by atoms with Gasteiger partial charge in [0.2, 0.25) is 0 Å². The van der Waals surface area contributed by atoms with Crippen molar-refractivity contribution in [3.05, 3.63) is 82.0 Å². The molecule has 0 saturated carbocycles. The lowest BCUT2D eigenvalue weighted by atomic mass is 9.84. The van der Waals surface area contributed by atoms with E-state index < -0.39 is 5.97 Å². The summed E-state index contributed by atoms with van der Waals surface area (Å²) in [4.78, 5) is 19.3. The van der Waals surface area contributed by atoms with Gasteiger partial charge in [-0.2, -0.15) is 0 Å². The normalized spacial score (nSPS) is 18.4. The van der Waals surface area contributed by atoms with E-state index in [1.165, 1.54) is 10.3 Å². The van der Waals surface area contributed by atoms with Crippen LogP contribution in [0.2, 0.25) is 0 Å². The molecule has 1 N–H and O–H groups in total. The Morgan fingerprint density at radius 1 is 1.25 bits per heavy atom. The van der Waals surface area contributed by atoms with Crippen molar-refractivity contribution in [2.75, 3.05) is 6.54 Å². The molecule has 9 heteroatoms. The lowest BCUT2D eigenvalue weighted by Crippen LogP contribution is -2.34. The average Bonchev–Trinajstić information content (AvgIpc) is 3.55. The maximum absolute atomic E-state index is 12.2. The fraction of sp³-hybridized carbons (Fsp3) is 0.355. The summed E-state index contributed by atoms with van der Waals surface area (Å²) in [6.45, 7) is 7.85. The Kier molecular flexibility index (Phi) is 7.02. The third-order valence-corrected chi connectivity index (χ3v) is 9.20. The minimum atomic E-state index is -0.831. The highest BCUT2D eigenvalue weighted by atomic mass is 32.1. The fourth-order valence-corrected chi connectivity index (χ4v) is 6.86. The maximum Gasteiger partial charge on any atom is 0.304 e. The monoisotopic (exact) mass is 555 g/mol. The van der Waals surface area contributed by atoms with Crippen LogP contribution in [0.5, 0.6) is 5.75 Å². The van der Waals surface area contributed by atoms with Crippen molar-refractivity contribution >= 4 is 38.4 Å². The van der Waals surface area contributed by atoms with Crippen LogP contribution in [0.25, 0.3) is 21.1 Å². The van der Waals surface area contributed by atoms with Gasteiger partial charge in [0, 0.05) is 37.0 Å². The van der Waals surface area contributed by atoms with Crippen LogP contribution in [0, 0.1) is 6.92 Å². The Bertz CT molecular complexity index is 1710. The van der Waals surface area contributed by atoms with E-state index >= 15 is 0 Å². The largest absolute Gasteiger partial charge is 0.487 e. The summed E-state index contributed by atoms with van der Waals surface area (Å²) in [6.07, 6.45) is 2.78. The number of hydrogen-bond donors (Lipinski definition) is 1. The van der Waals surface area contributed by atoms with Crippen LogP contribution in [-0.2, 0) is 18.4 Å². The van der Waals surface area contributed by atoms with E-state index in [0.29, 0.717) is 6.54 Å². The molecule has 0 unspecified atom stereocenters. The number of ether oxygens (including phenoxy) is 1. The van der Waals surface area contributed by atoms with Crippen molar-refractivity contribution < 1.29 is 14.6 Å². The molecule has 0 saturated heterocycles. The summed E-state index contributed by atoms with van der Waals surface area (Å²) in [5.41, 5.74) is 6.82. The number of aryl methyl sites for hydroxylation is 2. The van der Waals surface area contributed by atoms with Crippen LogP contribution in [0.1, 0.15) is 66.6 Å². The Morgan fingerprint density at radius 3 is 2.90 bits per heavy atom. The van der Waals surface area contributed by atoms with Gasteiger partial charge in [-0.3, -0.25) is 14.7 Å². The summed E-state index contributed by atoms with van der Waals surface area (Å²) < 4.78 is 9.32. The Balaban J connectivity index is 1.44. The third kappa shape index (κ3) is 4.73. The number of pyridine rings is 1. The molecule has 0 amide bonds. The Hall–Kier alpha value is -3.82. The van der Waals surface area contributed by atoms with Gasteiger partial charge in [0.25, 0.3) is 0 Å². The molecule has 0 bridgehead atoms. The van der Waals surface area contributed by atoms with Crippen molar-refractivity contribution in [3.63, 3.8) is 0 Å². The molecule has 5 aromatic rings. The fourth-order valence-electron chi connectivity index (χ4n) is 5.97. The standard InChI is InChI=1S/C31H33N5O3S/c1-5-23-17-36(19(3)30-27(39-23)7-6-11-32-30)16-22-14-21(13-20-10-12-40-31(20)22)25(15-28(37)38)24-8-9-26-29(18(24)2)33-34-35(26)4/h6-14,19,23,25H,5,15-17H2,1-4H3,(H,37,38)/t19-,23+,25-/m0/s1. The first-order valence-corrected chi connectivity index (χ1v) is 14.6. The van der Waals surface area contributed by atoms with Crippen LogP contribution in [0.3, 0.4) is 0 Å². The van der Waals surface area contributed by atoms with Crippen molar-refractivity contribution in [2.24, 2.45) is 7.05 Å². The number of fused-ring (bicyclic) bond motifs is 3. The number of carboxylic acids is 1. The SMILES string of the molecule is CC[C@@H]1CN(Cc2cc([C@H](CC(=O)O)c3ccc4c(nnn4C)c3C)cc3ccsc23)[C@@H](C)c2ncccc2O1. The van der Waals surface area contributed by atoms with Crippen LogP contribution in [0.4, 0.5) is 0 Å². The molecule has 206 valence electrons. The predicted octanol–water partition coefficient (Wildman–Crippen LogP) is 6.23. The summed E-state index contributed by atoms with van der Waals surface area (Å²) in [5, 5.41) is 21.8. The molecule has 0 aliphatic carbocycles. The second kappa shape index (κ2) is 10.6. The first-order valence-electron chi connectivity index (χ1n) is 13.7. The number of thiophene rings is 1. The van der Waals surface area contributed by atoms with Crippen molar-refractivity contribution in [1.82, 2.24) is 24.9 Å². The molecule has 1 aliphatic heterocycles. The van der Waals surface area contributed by atoms with E-state index in [-0.39, 0.29) is 24.5 Å². The summed E-state index contributed by atoms with van der Waals surface area (Å²) in [7, 11) is 1.87. The number of rotatable bonds is 7.